The number of aliphatic hydroxyl groups is 6. The van der Waals surface area contributed by atoms with Gasteiger partial charge in [-0.25, -0.2) is 33.7 Å². The van der Waals surface area contributed by atoms with E-state index in [0.29, 0.717) is 0 Å². The van der Waals surface area contributed by atoms with E-state index in [4.69, 9.17) is 42.6 Å². The second-order valence-electron chi connectivity index (χ2n) is 13.3. The predicted molar refractivity (Wildman–Crippen MR) is 161 cm³/mol. The van der Waals surface area contributed by atoms with Crippen molar-refractivity contribution in [1.82, 2.24) is 0 Å². The molecule has 0 saturated carbocycles. The minimum atomic E-state index is -5.82. The SMILES string of the molecule is O=S(=O)([O-])O[C@@H]1[C@H]2OC[C@@H](O[C@@H]1O)[C@@H]2O[C@@H]1O[C@H](CO)[C@H](OS(=O)(=O)[O-])[C@H](O[C@H]2O[C@@H]3CO[C@@H]([C@H]3O[C@@H]3O[C@H](CO)[C@H](OS(=O)(=O)[O-])C(O)[C@H]3O)[C@H]2OS(=O)(=O)[O-])[C@H]1O. The third-order valence-electron chi connectivity index (χ3n) is 9.51. The lowest BCUT2D eigenvalue weighted by molar-refractivity contribution is -0.367. The smallest absolute Gasteiger partial charge is 0.218 e. The molecular formula is C24H34O31S4-4. The van der Waals surface area contributed by atoms with Crippen LogP contribution in [0.2, 0.25) is 0 Å². The summed E-state index contributed by atoms with van der Waals surface area (Å²) in [6.45, 7) is -3.43. The summed E-state index contributed by atoms with van der Waals surface area (Å²) < 4.78 is 206. The molecule has 0 aliphatic carbocycles. The van der Waals surface area contributed by atoms with Crippen molar-refractivity contribution in [3.05, 3.63) is 0 Å². The van der Waals surface area contributed by atoms with E-state index >= 15 is 0 Å². The van der Waals surface area contributed by atoms with Crippen LogP contribution < -0.4 is 0 Å². The zero-order chi connectivity index (χ0) is 43.6. The Bertz CT molecular complexity index is 1910. The quantitative estimate of drug-likeness (QED) is 0.0618. The molecule has 6 heterocycles. The van der Waals surface area contributed by atoms with E-state index < -0.39 is 191 Å². The van der Waals surface area contributed by atoms with Gasteiger partial charge in [-0.3, -0.25) is 16.7 Å². The Morgan fingerprint density at radius 2 is 0.864 bits per heavy atom. The Morgan fingerprint density at radius 3 is 1.37 bits per heavy atom. The first kappa shape index (κ1) is 47.4. The van der Waals surface area contributed by atoms with Gasteiger partial charge >= 0.3 is 0 Å². The maximum Gasteiger partial charge on any atom is 0.218 e. The molecule has 6 fully saturated rings. The minimum Gasteiger partial charge on any atom is -0.726 e. The minimum absolute atomic E-state index is 0.443. The molecule has 0 amide bonds. The first-order valence-corrected chi connectivity index (χ1v) is 21.9. The van der Waals surface area contributed by atoms with Gasteiger partial charge in [-0.05, 0) is 0 Å². The average Bonchev–Trinajstić information content (AvgIpc) is 3.57. The van der Waals surface area contributed by atoms with E-state index in [1.54, 1.807) is 0 Å². The van der Waals surface area contributed by atoms with Gasteiger partial charge in [0.2, 0.25) is 41.6 Å². The van der Waals surface area contributed by atoms with Gasteiger partial charge in [-0.1, -0.05) is 0 Å². The Kier molecular flexibility index (Phi) is 14.3. The molecule has 0 aromatic heterocycles. The van der Waals surface area contributed by atoms with E-state index in [0.717, 1.165) is 0 Å². The predicted octanol–water partition coefficient (Wildman–Crippen LogP) is -9.72. The normalized spacial score (nSPS) is 45.7. The summed E-state index contributed by atoms with van der Waals surface area (Å²) >= 11 is 0. The number of aliphatic hydroxyl groups excluding tert-OH is 6. The van der Waals surface area contributed by atoms with Crippen LogP contribution in [0.25, 0.3) is 0 Å². The molecule has 0 radical (unpaired) electrons. The fourth-order valence-electron chi connectivity index (χ4n) is 7.19. The van der Waals surface area contributed by atoms with Gasteiger partial charge in [-0.2, -0.15) is 0 Å². The summed E-state index contributed by atoms with van der Waals surface area (Å²) in [7, 11) is -22.7. The maximum atomic E-state index is 12.0. The monoisotopic (exact) mass is 946 g/mol. The first-order chi connectivity index (χ1) is 27.3. The van der Waals surface area contributed by atoms with Crippen molar-refractivity contribution in [1.29, 1.82) is 0 Å². The van der Waals surface area contributed by atoms with Gasteiger partial charge in [0.25, 0.3) is 0 Å². The van der Waals surface area contributed by atoms with E-state index in [1.807, 2.05) is 0 Å². The third kappa shape index (κ3) is 11.0. The van der Waals surface area contributed by atoms with Crippen LogP contribution in [-0.4, -0.2) is 232 Å². The molecule has 59 heavy (non-hydrogen) atoms. The van der Waals surface area contributed by atoms with Gasteiger partial charge in [-0.15, -0.1) is 0 Å². The lowest BCUT2D eigenvalue weighted by Crippen LogP contribution is -2.66. The second-order valence-corrected chi connectivity index (χ2v) is 17.3. The molecule has 0 spiro atoms. The van der Waals surface area contributed by atoms with Crippen LogP contribution in [0.1, 0.15) is 0 Å². The molecule has 20 atom stereocenters. The van der Waals surface area contributed by atoms with Crippen molar-refractivity contribution in [3.63, 3.8) is 0 Å². The summed E-state index contributed by atoms with van der Waals surface area (Å²) in [4.78, 5) is 0. The lowest BCUT2D eigenvalue weighted by Gasteiger charge is -2.48. The Hall–Kier alpha value is -1.12. The summed E-state index contributed by atoms with van der Waals surface area (Å²) in [5.41, 5.74) is 0. The number of hydrogen-bond acceptors (Lipinski definition) is 31. The van der Waals surface area contributed by atoms with Gasteiger partial charge in [0.1, 0.15) is 85.5 Å². The largest absolute Gasteiger partial charge is 0.726 e. The van der Waals surface area contributed by atoms with Crippen LogP contribution in [0.3, 0.4) is 0 Å². The highest BCUT2D eigenvalue weighted by Crippen LogP contribution is 2.41. The Morgan fingerprint density at radius 1 is 0.458 bits per heavy atom. The van der Waals surface area contributed by atoms with Crippen molar-refractivity contribution in [2.45, 2.75) is 123 Å². The molecule has 6 N–H and O–H groups in total. The average molecular weight is 947 g/mol. The molecule has 0 aromatic rings. The molecule has 6 aliphatic heterocycles. The molecule has 0 aromatic carbocycles. The number of hydrogen-bond donors (Lipinski definition) is 6. The Balaban J connectivity index is 1.26. The zero-order valence-corrected chi connectivity index (χ0v) is 32.2. The van der Waals surface area contributed by atoms with E-state index in [1.165, 1.54) is 0 Å². The highest BCUT2D eigenvalue weighted by molar-refractivity contribution is 7.81. The fraction of sp³-hybridized carbons (Fsp3) is 1.00. The lowest BCUT2D eigenvalue weighted by atomic mass is 9.96. The molecule has 6 aliphatic rings. The van der Waals surface area contributed by atoms with Crippen molar-refractivity contribution < 1.29 is 142 Å². The van der Waals surface area contributed by atoms with Crippen LogP contribution in [0.5, 0.6) is 0 Å². The molecule has 4 bridgehead atoms. The van der Waals surface area contributed by atoms with E-state index in [-0.39, 0.29) is 0 Å². The fourth-order valence-corrected chi connectivity index (χ4v) is 9.16. The van der Waals surface area contributed by atoms with Gasteiger partial charge in [0.15, 0.2) is 37.4 Å². The van der Waals surface area contributed by atoms with Gasteiger partial charge in [0, 0.05) is 0 Å². The first-order valence-electron chi connectivity index (χ1n) is 16.6. The molecule has 6 rings (SSSR count). The second kappa shape index (κ2) is 17.8. The molecule has 6 saturated heterocycles. The number of rotatable bonds is 16. The summed E-state index contributed by atoms with van der Waals surface area (Å²) in [6.07, 6.45) is -40.4. The van der Waals surface area contributed by atoms with Crippen molar-refractivity contribution in [3.8, 4) is 0 Å². The van der Waals surface area contributed by atoms with Gasteiger partial charge in [0.05, 0.1) is 26.4 Å². The molecule has 31 nitrogen and oxygen atoms in total. The summed E-state index contributed by atoms with van der Waals surface area (Å²) in [6, 6.07) is 0. The maximum absolute atomic E-state index is 12.0. The van der Waals surface area contributed by atoms with E-state index in [2.05, 4.69) is 16.7 Å². The summed E-state index contributed by atoms with van der Waals surface area (Å²) in [5.74, 6) is 0. The highest BCUT2D eigenvalue weighted by Gasteiger charge is 2.61. The van der Waals surface area contributed by atoms with Crippen LogP contribution >= 0.6 is 0 Å². The van der Waals surface area contributed by atoms with Crippen LogP contribution in [-0.2, 0) is 101 Å². The van der Waals surface area contributed by atoms with Crippen molar-refractivity contribution >= 4 is 41.6 Å². The highest BCUT2D eigenvalue weighted by atomic mass is 32.3. The molecular weight excluding hydrogens is 913 g/mol. The van der Waals surface area contributed by atoms with Crippen LogP contribution in [0, 0.1) is 0 Å². The zero-order valence-electron chi connectivity index (χ0n) is 28.9. The molecule has 1 unspecified atom stereocenters. The summed E-state index contributed by atoms with van der Waals surface area (Å²) in [5, 5.41) is 62.6. The standard InChI is InChI=1S/C24H38O31S4/c25-1-5-12(52-56(31,32)33)9(27)10(28)22(46-5)49-14-8-4-44-18(14)20(55-59(40,41)42)24(48-8)51-16-11(29)23(47-6(2-26)15(16)53-57(34,35)36)50-13-7-3-43-17(13)19(21(30)45-7)54-58(37,38)39/h5-30H,1-4H2,(H,31,32,33)(H,34,35,36)(H,37,38,39)(H,40,41,42)/p-4/t5-,6-,7-,8-,9?,10-,11-,12+,13+,14+,15+,16-,17+,18+,19-,20-,21+,22+,23+,24-/m1/s1. The van der Waals surface area contributed by atoms with Crippen LogP contribution in [0.15, 0.2) is 0 Å². The number of fused-ring (bicyclic) bond motifs is 4. The van der Waals surface area contributed by atoms with Crippen LogP contribution in [0.4, 0.5) is 0 Å². The van der Waals surface area contributed by atoms with E-state index in [9.17, 15) is 82.5 Å². The topological polar surface area (TPSA) is 470 Å². The van der Waals surface area contributed by atoms with Crippen molar-refractivity contribution in [2.75, 3.05) is 26.4 Å². The number of ether oxygens (including phenoxy) is 9. The molecule has 344 valence electrons. The Labute approximate surface area is 332 Å². The van der Waals surface area contributed by atoms with Crippen molar-refractivity contribution in [2.24, 2.45) is 0 Å². The third-order valence-corrected chi connectivity index (χ3v) is 11.3. The van der Waals surface area contributed by atoms with Gasteiger partial charge < -0.3 is 91.5 Å². The molecule has 35 heteroatoms.